The normalized spacial score (nSPS) is 37.4. The Morgan fingerprint density at radius 1 is 1.55 bits per heavy atom. The monoisotopic (exact) mass is 340 g/mol. The van der Waals surface area contributed by atoms with E-state index in [0.29, 0.717) is 0 Å². The number of aromatic nitrogens is 2. The number of nitrogens with one attached hydrogen (secondary N) is 1. The number of aliphatic hydroxyl groups is 1. The first-order valence-corrected chi connectivity index (χ1v) is 8.09. The molecule has 2 N–H and O–H groups in total. The zero-order valence-electron chi connectivity index (χ0n) is 12.1. The van der Waals surface area contributed by atoms with Gasteiger partial charge in [-0.15, -0.1) is 0 Å². The third-order valence-electron chi connectivity index (χ3n) is 3.86. The molecule has 1 aromatic rings. The molecule has 0 bridgehead atoms. The first-order chi connectivity index (χ1) is 9.74. The second-order valence-corrected chi connectivity index (χ2v) is 7.22. The Balaban J connectivity index is 0.00000176. The summed E-state index contributed by atoms with van der Waals surface area (Å²) in [6, 6.07) is 0. The molecule has 11 heteroatoms. The van der Waals surface area contributed by atoms with Crippen LogP contribution in [0.5, 0.6) is 0 Å². The fourth-order valence-corrected chi connectivity index (χ4v) is 4.21. The van der Waals surface area contributed by atoms with Crippen LogP contribution in [0, 0.1) is 6.92 Å². The summed E-state index contributed by atoms with van der Waals surface area (Å²) in [5.74, 6) is 0. The average Bonchev–Trinajstić information content (AvgIpc) is 2.87. The van der Waals surface area contributed by atoms with Gasteiger partial charge in [-0.2, -0.15) is 0 Å². The zero-order chi connectivity index (χ0) is 15.4. The Hall–Kier alpha value is -0.250. The van der Waals surface area contributed by atoms with E-state index in [1.165, 1.54) is 13.1 Å². The van der Waals surface area contributed by atoms with Crippen LogP contribution in [0.15, 0.2) is 15.8 Å². The van der Waals surface area contributed by atoms with Gasteiger partial charge in [0.1, 0.15) is 19.3 Å². The molecular weight excluding hydrogens is 326 g/mol. The van der Waals surface area contributed by atoms with E-state index < -0.39 is 36.8 Å². The molecule has 0 radical (unpaired) electrons. The Labute approximate surface area is 147 Å². The van der Waals surface area contributed by atoms with Crippen LogP contribution in [-0.4, -0.2) is 39.1 Å². The van der Waals surface area contributed by atoms with Crippen molar-refractivity contribution < 1.29 is 53.4 Å². The predicted molar refractivity (Wildman–Crippen MR) is 68.0 cm³/mol. The fraction of sp³-hybridized carbons (Fsp3) is 0.636. The van der Waals surface area contributed by atoms with Gasteiger partial charge in [0.15, 0.2) is 6.23 Å². The molecule has 0 saturated carbocycles. The van der Waals surface area contributed by atoms with Crippen LogP contribution in [-0.2, 0) is 13.8 Å². The Bertz CT molecular complexity index is 747. The summed E-state index contributed by atoms with van der Waals surface area (Å²) < 4.78 is 22.9. The Kier molecular flexibility index (Phi) is 4.93. The molecule has 3 heterocycles. The minimum absolute atomic E-state index is 0. The minimum Gasteiger partial charge on any atom is -0.778 e. The first-order valence-electron chi connectivity index (χ1n) is 6.37. The van der Waals surface area contributed by atoms with Crippen molar-refractivity contribution in [2.45, 2.75) is 31.3 Å². The number of ether oxygens (including phenoxy) is 1. The number of aryl methyl sites for hydroxylation is 1. The van der Waals surface area contributed by atoms with E-state index in [1.54, 1.807) is 0 Å². The van der Waals surface area contributed by atoms with Gasteiger partial charge in [0, 0.05) is 17.9 Å². The van der Waals surface area contributed by atoms with E-state index in [2.05, 4.69) is 4.98 Å². The van der Waals surface area contributed by atoms with Gasteiger partial charge in [-0.1, -0.05) is 0 Å². The second-order valence-electron chi connectivity index (χ2n) is 5.37. The van der Waals surface area contributed by atoms with Crippen molar-refractivity contribution in [3.63, 3.8) is 0 Å². The van der Waals surface area contributed by atoms with Gasteiger partial charge in [0.2, 0.25) is 0 Å². The Morgan fingerprint density at radius 2 is 2.23 bits per heavy atom. The zero-order valence-corrected chi connectivity index (χ0v) is 15.0. The third-order valence-corrected chi connectivity index (χ3v) is 5.27. The van der Waals surface area contributed by atoms with E-state index in [9.17, 15) is 24.2 Å². The third kappa shape index (κ3) is 2.92. The number of nitrogens with zero attached hydrogens (tertiary/aromatic N) is 1. The van der Waals surface area contributed by atoms with Crippen LogP contribution in [0.2, 0.25) is 0 Å². The smallest absolute Gasteiger partial charge is 0.778 e. The molecule has 3 rings (SSSR count). The van der Waals surface area contributed by atoms with Gasteiger partial charge >= 0.3 is 35.2 Å². The summed E-state index contributed by atoms with van der Waals surface area (Å²) in [4.78, 5) is 36.7. The maximum absolute atomic E-state index is 11.8. The summed E-state index contributed by atoms with van der Waals surface area (Å²) in [6.45, 7) is 1.36. The van der Waals surface area contributed by atoms with E-state index in [-0.39, 0.29) is 54.3 Å². The molecule has 1 aromatic heterocycles. The van der Waals surface area contributed by atoms with E-state index in [4.69, 9.17) is 9.26 Å². The summed E-state index contributed by atoms with van der Waals surface area (Å²) in [5, 5.41) is 10.3. The van der Waals surface area contributed by atoms with Crippen LogP contribution in [0.25, 0.3) is 0 Å². The molecule has 0 aromatic carbocycles. The van der Waals surface area contributed by atoms with Crippen molar-refractivity contribution in [2.75, 3.05) is 12.8 Å². The van der Waals surface area contributed by atoms with Crippen LogP contribution in [0.1, 0.15) is 18.2 Å². The molecule has 1 spiro atoms. The molecule has 1 unspecified atom stereocenters. The van der Waals surface area contributed by atoms with Crippen molar-refractivity contribution in [3.05, 3.63) is 32.6 Å². The number of aromatic amines is 1. The molecule has 4 atom stereocenters. The van der Waals surface area contributed by atoms with Crippen LogP contribution < -0.4 is 45.7 Å². The SMILES string of the molecule is Cc1cn([C@@H]2OC[C@]3(CCP(=O)([O-])O3)[C@H]2O)c(=O)[nH]c1=O.[Na+]. The molecule has 22 heavy (non-hydrogen) atoms. The van der Waals surface area contributed by atoms with Crippen molar-refractivity contribution in [2.24, 2.45) is 0 Å². The molecule has 2 aliphatic heterocycles. The number of H-pyrrole nitrogens is 1. The Morgan fingerprint density at radius 3 is 2.82 bits per heavy atom. The summed E-state index contributed by atoms with van der Waals surface area (Å²) >= 11 is 0. The molecule has 2 saturated heterocycles. The molecule has 2 aliphatic rings. The topological polar surface area (TPSA) is 134 Å². The molecule has 9 nitrogen and oxygen atoms in total. The standard InChI is InChI=1S/C11H15N2O7P.Na/c1-6-4-13(10(16)12-8(6)15)9-7(14)11(5-19-9)2-3-21(17,18)20-11;/h4,7,9,14H,2-3,5H2,1H3,(H,17,18)(H,12,15,16);/q;+1/p-1/t7-,9+,11+;/m0./s1. The summed E-state index contributed by atoms with van der Waals surface area (Å²) in [6.07, 6.45) is -1.25. The average molecular weight is 340 g/mol. The molecule has 0 amide bonds. The molecule has 0 aliphatic carbocycles. The van der Waals surface area contributed by atoms with E-state index >= 15 is 0 Å². The maximum Gasteiger partial charge on any atom is 1.00 e. The number of hydrogen-bond donors (Lipinski definition) is 2. The van der Waals surface area contributed by atoms with Gasteiger partial charge in [-0.25, -0.2) is 4.79 Å². The van der Waals surface area contributed by atoms with Crippen LogP contribution in [0.3, 0.4) is 0 Å². The maximum atomic E-state index is 11.8. The number of rotatable bonds is 1. The van der Waals surface area contributed by atoms with E-state index in [1.807, 2.05) is 0 Å². The van der Waals surface area contributed by atoms with Crippen molar-refractivity contribution in [1.82, 2.24) is 9.55 Å². The largest absolute Gasteiger partial charge is 1.00 e. The van der Waals surface area contributed by atoms with Gasteiger partial charge in [-0.05, 0) is 13.3 Å². The van der Waals surface area contributed by atoms with Gasteiger partial charge in [0.05, 0.1) is 6.61 Å². The van der Waals surface area contributed by atoms with Gasteiger partial charge in [-0.3, -0.25) is 14.3 Å². The number of hydrogen-bond acceptors (Lipinski definition) is 7. The predicted octanol–water partition coefficient (Wildman–Crippen LogP) is -4.55. The van der Waals surface area contributed by atoms with Crippen LogP contribution >= 0.6 is 7.60 Å². The fourth-order valence-electron chi connectivity index (χ4n) is 2.67. The molecule has 116 valence electrons. The summed E-state index contributed by atoms with van der Waals surface area (Å²) in [5.41, 5.74) is -2.35. The van der Waals surface area contributed by atoms with Gasteiger partial charge in [0.25, 0.3) is 5.56 Å². The van der Waals surface area contributed by atoms with Crippen LogP contribution in [0.4, 0.5) is 0 Å². The first kappa shape index (κ1) is 18.1. The van der Waals surface area contributed by atoms with Gasteiger partial charge < -0.3 is 23.8 Å². The molecular formula is C11H14N2NaO7P. The second kappa shape index (κ2) is 5.99. The van der Waals surface area contributed by atoms with Crippen molar-refractivity contribution >= 4 is 7.60 Å². The summed E-state index contributed by atoms with van der Waals surface area (Å²) in [7, 11) is -3.98. The molecule has 2 fully saturated rings. The van der Waals surface area contributed by atoms with Crippen molar-refractivity contribution in [3.8, 4) is 0 Å². The minimum atomic E-state index is -3.98. The van der Waals surface area contributed by atoms with Crippen molar-refractivity contribution in [1.29, 1.82) is 0 Å². The number of aliphatic hydroxyl groups excluding tert-OH is 1. The van der Waals surface area contributed by atoms with E-state index in [0.717, 1.165) is 4.57 Å². The quantitative estimate of drug-likeness (QED) is 0.388.